The van der Waals surface area contributed by atoms with Crippen molar-refractivity contribution in [2.24, 2.45) is 5.41 Å². The van der Waals surface area contributed by atoms with Gasteiger partial charge in [0.25, 0.3) is 0 Å². The molecule has 3 rings (SSSR count). The van der Waals surface area contributed by atoms with Gasteiger partial charge in [-0.3, -0.25) is 0 Å². The van der Waals surface area contributed by atoms with Crippen LogP contribution in [0.1, 0.15) is 57.9 Å². The Bertz CT molecular complexity index is 436. The highest BCUT2D eigenvalue weighted by Crippen LogP contribution is 2.44. The average molecular weight is 289 g/mol. The Morgan fingerprint density at radius 3 is 2.60 bits per heavy atom. The molecule has 0 bridgehead atoms. The fourth-order valence-corrected chi connectivity index (χ4v) is 5.58. The molecule has 2 fully saturated rings. The minimum atomic E-state index is 0.428. The molecule has 1 N–H and O–H groups in total. The molecule has 0 aromatic heterocycles. The highest BCUT2D eigenvalue weighted by molar-refractivity contribution is 8.00. The van der Waals surface area contributed by atoms with Gasteiger partial charge >= 0.3 is 0 Å². The third-order valence-corrected chi connectivity index (χ3v) is 6.14. The highest BCUT2D eigenvalue weighted by atomic mass is 32.2. The van der Waals surface area contributed by atoms with Crippen molar-refractivity contribution in [2.75, 3.05) is 0 Å². The molecule has 0 radical (unpaired) electrons. The minimum Gasteiger partial charge on any atom is -0.301 e. The van der Waals surface area contributed by atoms with Crippen LogP contribution in [0.3, 0.4) is 0 Å². The molecule has 110 valence electrons. The van der Waals surface area contributed by atoms with Crippen molar-refractivity contribution in [1.82, 2.24) is 5.32 Å². The molecular weight excluding hydrogens is 262 g/mol. The number of rotatable bonds is 2. The molecule has 1 saturated carbocycles. The molecule has 1 aliphatic heterocycles. The van der Waals surface area contributed by atoms with Crippen LogP contribution in [0.2, 0.25) is 0 Å². The molecule has 2 heteroatoms. The quantitative estimate of drug-likeness (QED) is 0.840. The number of fused-ring (bicyclic) bond motifs is 1. The number of hydrogen-bond donors (Lipinski definition) is 1. The van der Waals surface area contributed by atoms with E-state index in [0.717, 1.165) is 17.2 Å². The van der Waals surface area contributed by atoms with E-state index in [2.05, 4.69) is 68.2 Å². The molecule has 1 saturated heterocycles. The highest BCUT2D eigenvalue weighted by Gasteiger charge is 2.40. The van der Waals surface area contributed by atoms with Crippen molar-refractivity contribution in [1.29, 1.82) is 0 Å². The molecule has 2 aliphatic rings. The second-order valence-corrected chi connectivity index (χ2v) is 9.07. The van der Waals surface area contributed by atoms with Crippen LogP contribution < -0.4 is 5.32 Å². The first-order valence-electron chi connectivity index (χ1n) is 7.98. The van der Waals surface area contributed by atoms with E-state index in [1.165, 1.54) is 31.2 Å². The average Bonchev–Trinajstić information content (AvgIpc) is 2.78. The van der Waals surface area contributed by atoms with E-state index in [-0.39, 0.29) is 0 Å². The predicted octanol–water partition coefficient (Wildman–Crippen LogP) is 4.79. The van der Waals surface area contributed by atoms with Crippen LogP contribution in [-0.4, -0.2) is 16.7 Å². The van der Waals surface area contributed by atoms with Crippen molar-refractivity contribution in [3.8, 4) is 0 Å². The zero-order chi connectivity index (χ0) is 14.2. The first-order chi connectivity index (χ1) is 9.51. The number of benzene rings is 1. The summed E-state index contributed by atoms with van der Waals surface area (Å²) in [7, 11) is 0. The van der Waals surface area contributed by atoms with Crippen LogP contribution in [0.15, 0.2) is 30.3 Å². The maximum Gasteiger partial charge on any atom is 0.0543 e. The van der Waals surface area contributed by atoms with Crippen LogP contribution in [0.4, 0.5) is 0 Å². The molecular formula is C18H27NS. The summed E-state index contributed by atoms with van der Waals surface area (Å²) >= 11 is 2.21. The second-order valence-electron chi connectivity index (χ2n) is 7.62. The summed E-state index contributed by atoms with van der Waals surface area (Å²) in [6, 6.07) is 11.8. The molecule has 1 aliphatic carbocycles. The lowest BCUT2D eigenvalue weighted by atomic mass is 9.81. The summed E-state index contributed by atoms with van der Waals surface area (Å²) in [5, 5.41) is 5.43. The smallest absolute Gasteiger partial charge is 0.0543 e. The predicted molar refractivity (Wildman–Crippen MR) is 89.2 cm³/mol. The SMILES string of the molecule is CC(C)(C)CC1NC2CC(c3ccccc3)CCC2S1. The standard InChI is InChI=1S/C18H27NS/c1-18(2,3)12-17-19-15-11-14(9-10-16(15)20-17)13-7-5-4-6-8-13/h4-8,14-17,19H,9-12H2,1-3H3. The normalized spacial score (nSPS) is 34.0. The summed E-state index contributed by atoms with van der Waals surface area (Å²) in [5.74, 6) is 0.763. The van der Waals surface area contributed by atoms with E-state index in [1.54, 1.807) is 0 Å². The Morgan fingerprint density at radius 2 is 1.90 bits per heavy atom. The molecule has 4 atom stereocenters. The van der Waals surface area contributed by atoms with Gasteiger partial charge in [0.1, 0.15) is 0 Å². The lowest BCUT2D eigenvalue weighted by Crippen LogP contribution is -2.38. The van der Waals surface area contributed by atoms with Crippen molar-refractivity contribution < 1.29 is 0 Å². The van der Waals surface area contributed by atoms with Crippen molar-refractivity contribution in [2.45, 2.75) is 69.0 Å². The summed E-state index contributed by atoms with van der Waals surface area (Å²) in [6.45, 7) is 7.05. The van der Waals surface area contributed by atoms with Gasteiger partial charge in [0, 0.05) is 11.3 Å². The van der Waals surface area contributed by atoms with E-state index in [1.807, 2.05) is 0 Å². The Hall–Kier alpha value is -0.470. The fraction of sp³-hybridized carbons (Fsp3) is 0.667. The van der Waals surface area contributed by atoms with Gasteiger partial charge in [0.15, 0.2) is 0 Å². The topological polar surface area (TPSA) is 12.0 Å². The Morgan fingerprint density at radius 1 is 1.15 bits per heavy atom. The summed E-state index contributed by atoms with van der Waals surface area (Å²) < 4.78 is 0. The molecule has 1 aromatic carbocycles. The van der Waals surface area contributed by atoms with Crippen molar-refractivity contribution in [3.05, 3.63) is 35.9 Å². The van der Waals surface area contributed by atoms with Crippen LogP contribution in [0, 0.1) is 5.41 Å². The van der Waals surface area contributed by atoms with Gasteiger partial charge in [0.05, 0.1) is 5.37 Å². The maximum atomic E-state index is 3.91. The van der Waals surface area contributed by atoms with Crippen LogP contribution in [0.25, 0.3) is 0 Å². The van der Waals surface area contributed by atoms with Crippen molar-refractivity contribution >= 4 is 11.8 Å². The number of hydrogen-bond acceptors (Lipinski definition) is 2. The van der Waals surface area contributed by atoms with E-state index in [0.29, 0.717) is 10.8 Å². The Labute approximate surface area is 127 Å². The molecule has 0 spiro atoms. The molecule has 0 amide bonds. The number of thioether (sulfide) groups is 1. The van der Waals surface area contributed by atoms with Crippen LogP contribution >= 0.6 is 11.8 Å². The first-order valence-corrected chi connectivity index (χ1v) is 8.92. The van der Waals surface area contributed by atoms with Crippen LogP contribution in [0.5, 0.6) is 0 Å². The van der Waals surface area contributed by atoms with Gasteiger partial charge in [-0.2, -0.15) is 0 Å². The van der Waals surface area contributed by atoms with Crippen LogP contribution in [-0.2, 0) is 0 Å². The lowest BCUT2D eigenvalue weighted by Gasteiger charge is -2.31. The molecule has 20 heavy (non-hydrogen) atoms. The zero-order valence-corrected chi connectivity index (χ0v) is 13.7. The Kier molecular flexibility index (Phi) is 4.14. The molecule has 1 nitrogen and oxygen atoms in total. The van der Waals surface area contributed by atoms with Gasteiger partial charge in [-0.15, -0.1) is 11.8 Å². The molecule has 1 heterocycles. The first kappa shape index (κ1) is 14.5. The summed E-state index contributed by atoms with van der Waals surface area (Å²) in [4.78, 5) is 0. The maximum absolute atomic E-state index is 3.91. The zero-order valence-electron chi connectivity index (χ0n) is 12.9. The largest absolute Gasteiger partial charge is 0.301 e. The second kappa shape index (κ2) is 5.73. The van der Waals surface area contributed by atoms with E-state index in [4.69, 9.17) is 0 Å². The van der Waals surface area contributed by atoms with E-state index < -0.39 is 0 Å². The number of nitrogens with one attached hydrogen (secondary N) is 1. The van der Waals surface area contributed by atoms with Gasteiger partial charge in [-0.25, -0.2) is 0 Å². The minimum absolute atomic E-state index is 0.428. The third kappa shape index (κ3) is 3.40. The van der Waals surface area contributed by atoms with Gasteiger partial charge < -0.3 is 5.32 Å². The van der Waals surface area contributed by atoms with E-state index >= 15 is 0 Å². The summed E-state index contributed by atoms with van der Waals surface area (Å²) in [6.07, 6.45) is 5.34. The van der Waals surface area contributed by atoms with Gasteiger partial charge in [-0.1, -0.05) is 51.1 Å². The Balaban J connectivity index is 1.62. The van der Waals surface area contributed by atoms with E-state index in [9.17, 15) is 0 Å². The molecule has 1 aromatic rings. The van der Waals surface area contributed by atoms with Gasteiger partial charge in [0.2, 0.25) is 0 Å². The summed E-state index contributed by atoms with van der Waals surface area (Å²) in [5.41, 5.74) is 1.97. The molecule has 4 unspecified atom stereocenters. The monoisotopic (exact) mass is 289 g/mol. The van der Waals surface area contributed by atoms with Crippen molar-refractivity contribution in [3.63, 3.8) is 0 Å². The lowest BCUT2D eigenvalue weighted by molar-refractivity contribution is 0.319. The van der Waals surface area contributed by atoms with Gasteiger partial charge in [-0.05, 0) is 42.6 Å². The fourth-order valence-electron chi connectivity index (χ4n) is 3.66. The third-order valence-electron chi connectivity index (χ3n) is 4.59.